The highest BCUT2D eigenvalue weighted by molar-refractivity contribution is 5.93. The average molecular weight is 291 g/mol. The van der Waals surface area contributed by atoms with E-state index in [0.29, 0.717) is 0 Å². The zero-order chi connectivity index (χ0) is 15.3. The molecule has 20 heavy (non-hydrogen) atoms. The number of rotatable bonds is 5. The van der Waals surface area contributed by atoms with Gasteiger partial charge in [-0.3, -0.25) is 9.59 Å². The molecule has 0 aliphatic carbocycles. The van der Waals surface area contributed by atoms with Crippen LogP contribution < -0.4 is 5.32 Å². The van der Waals surface area contributed by atoms with Crippen LogP contribution >= 0.6 is 0 Å². The lowest BCUT2D eigenvalue weighted by atomic mass is 10.1. The van der Waals surface area contributed by atoms with Crippen LogP contribution in [0.15, 0.2) is 12.4 Å². The second-order valence-corrected chi connectivity index (χ2v) is 4.10. The number of nitrogens with one attached hydrogen (secondary N) is 1. The lowest BCUT2D eigenvalue weighted by Gasteiger charge is -2.12. The molecule has 0 saturated heterocycles. The maximum atomic E-state index is 12.2. The van der Waals surface area contributed by atoms with E-state index < -0.39 is 29.9 Å². The molecule has 1 amide bonds. The lowest BCUT2D eigenvalue weighted by molar-refractivity contribution is -0.145. The molecule has 0 aromatic carbocycles. The van der Waals surface area contributed by atoms with Crippen molar-refractivity contribution in [1.29, 1.82) is 0 Å². The van der Waals surface area contributed by atoms with Gasteiger partial charge in [0.05, 0.1) is 5.56 Å². The van der Waals surface area contributed by atoms with Gasteiger partial charge in [0.2, 0.25) is 5.82 Å². The van der Waals surface area contributed by atoms with Gasteiger partial charge in [-0.1, -0.05) is 0 Å². The van der Waals surface area contributed by atoms with Gasteiger partial charge in [-0.15, -0.1) is 0 Å². The summed E-state index contributed by atoms with van der Waals surface area (Å²) in [5.41, 5.74) is -0.125. The summed E-state index contributed by atoms with van der Waals surface area (Å²) in [6.07, 6.45) is -3.03. The second-order valence-electron chi connectivity index (χ2n) is 4.10. The molecule has 1 aromatic rings. The fraction of sp³-hybridized carbons (Fsp3) is 0.455. The summed E-state index contributed by atoms with van der Waals surface area (Å²) >= 11 is 0. The van der Waals surface area contributed by atoms with E-state index >= 15 is 0 Å². The number of hydrogen-bond acceptors (Lipinski definition) is 4. The molecule has 0 aliphatic rings. The quantitative estimate of drug-likeness (QED) is 0.857. The average Bonchev–Trinajstić information content (AvgIpc) is 2.35. The Kier molecular flexibility index (Phi) is 5.00. The van der Waals surface area contributed by atoms with Gasteiger partial charge in [0, 0.05) is 24.9 Å². The number of carboxylic acids is 1. The van der Waals surface area contributed by atoms with E-state index in [-0.39, 0.29) is 18.4 Å². The van der Waals surface area contributed by atoms with Gasteiger partial charge in [0.15, 0.2) is 0 Å². The molecule has 1 unspecified atom stereocenters. The third-order valence-corrected chi connectivity index (χ3v) is 2.34. The standard InChI is InChI=1S/C11H12F3N3O3/c1-6(2-3-8(18)19)17-9(20)7-4-15-10(16-5-7)11(12,13)14/h4-6H,2-3H2,1H3,(H,17,20)(H,18,19). The predicted octanol–water partition coefficient (Wildman–Crippen LogP) is 1.48. The van der Waals surface area contributed by atoms with Crippen LogP contribution in [0.5, 0.6) is 0 Å². The molecular formula is C11H12F3N3O3. The first-order chi connectivity index (χ1) is 9.20. The van der Waals surface area contributed by atoms with Crippen molar-refractivity contribution in [1.82, 2.24) is 15.3 Å². The Morgan fingerprint density at radius 3 is 2.35 bits per heavy atom. The zero-order valence-corrected chi connectivity index (χ0v) is 10.4. The maximum absolute atomic E-state index is 12.2. The number of alkyl halides is 3. The van der Waals surface area contributed by atoms with Gasteiger partial charge >= 0.3 is 12.1 Å². The monoisotopic (exact) mass is 291 g/mol. The van der Waals surface area contributed by atoms with Crippen LogP contribution in [0.3, 0.4) is 0 Å². The molecule has 0 fully saturated rings. The Morgan fingerprint density at radius 1 is 1.35 bits per heavy atom. The van der Waals surface area contributed by atoms with Gasteiger partial charge in [-0.25, -0.2) is 9.97 Å². The highest BCUT2D eigenvalue weighted by atomic mass is 19.4. The molecule has 0 bridgehead atoms. The van der Waals surface area contributed by atoms with Crippen molar-refractivity contribution in [3.63, 3.8) is 0 Å². The summed E-state index contributed by atoms with van der Waals surface area (Å²) in [5.74, 6) is -2.98. The first-order valence-electron chi connectivity index (χ1n) is 5.62. The Morgan fingerprint density at radius 2 is 1.90 bits per heavy atom. The Hall–Kier alpha value is -2.19. The number of hydrogen-bond donors (Lipinski definition) is 2. The molecule has 1 atom stereocenters. The number of aliphatic carboxylic acids is 1. The summed E-state index contributed by atoms with van der Waals surface area (Å²) in [6, 6.07) is -0.430. The zero-order valence-electron chi connectivity index (χ0n) is 10.4. The SMILES string of the molecule is CC(CCC(=O)O)NC(=O)c1cnc(C(F)(F)F)nc1. The number of halogens is 3. The van der Waals surface area contributed by atoms with Crippen LogP contribution in [0.1, 0.15) is 35.9 Å². The third-order valence-electron chi connectivity index (χ3n) is 2.34. The topological polar surface area (TPSA) is 92.2 Å². The van der Waals surface area contributed by atoms with Gasteiger partial charge in [0.1, 0.15) is 0 Å². The number of aromatic nitrogens is 2. The summed E-state index contributed by atoms with van der Waals surface area (Å²) < 4.78 is 36.7. The molecule has 0 saturated carbocycles. The van der Waals surface area contributed by atoms with Crippen LogP contribution in [-0.4, -0.2) is 33.0 Å². The van der Waals surface area contributed by atoms with E-state index in [1.807, 2.05) is 0 Å². The highest BCUT2D eigenvalue weighted by Crippen LogP contribution is 2.25. The van der Waals surface area contributed by atoms with E-state index in [4.69, 9.17) is 5.11 Å². The second kappa shape index (κ2) is 6.31. The molecule has 0 aliphatic heterocycles. The Balaban J connectivity index is 2.62. The van der Waals surface area contributed by atoms with Crippen molar-refractivity contribution in [3.8, 4) is 0 Å². The van der Waals surface area contributed by atoms with Crippen molar-refractivity contribution in [3.05, 3.63) is 23.8 Å². The van der Waals surface area contributed by atoms with Gasteiger partial charge in [-0.05, 0) is 13.3 Å². The van der Waals surface area contributed by atoms with Gasteiger partial charge < -0.3 is 10.4 Å². The van der Waals surface area contributed by atoms with Crippen LogP contribution in [0.4, 0.5) is 13.2 Å². The number of amides is 1. The molecule has 9 heteroatoms. The normalized spacial score (nSPS) is 12.8. The molecule has 1 heterocycles. The Labute approximate surface area is 112 Å². The van der Waals surface area contributed by atoms with Crippen LogP contribution in [0.25, 0.3) is 0 Å². The number of carbonyl (C=O) groups is 2. The van der Waals surface area contributed by atoms with Gasteiger partial charge in [-0.2, -0.15) is 13.2 Å². The van der Waals surface area contributed by atoms with E-state index in [1.165, 1.54) is 0 Å². The fourth-order valence-electron chi connectivity index (χ4n) is 1.31. The van der Waals surface area contributed by atoms with Crippen LogP contribution in [0, 0.1) is 0 Å². The lowest BCUT2D eigenvalue weighted by Crippen LogP contribution is -2.33. The first kappa shape index (κ1) is 15.9. The molecule has 1 aromatic heterocycles. The molecule has 0 spiro atoms. The van der Waals surface area contributed by atoms with Crippen molar-refractivity contribution < 1.29 is 27.9 Å². The molecule has 1 rings (SSSR count). The third kappa shape index (κ3) is 4.82. The van der Waals surface area contributed by atoms with Crippen molar-refractivity contribution >= 4 is 11.9 Å². The van der Waals surface area contributed by atoms with E-state index in [9.17, 15) is 22.8 Å². The molecule has 2 N–H and O–H groups in total. The van der Waals surface area contributed by atoms with Crippen LogP contribution in [0.2, 0.25) is 0 Å². The highest BCUT2D eigenvalue weighted by Gasteiger charge is 2.34. The molecule has 6 nitrogen and oxygen atoms in total. The number of carboxylic acid groups (broad SMARTS) is 1. The molecular weight excluding hydrogens is 279 g/mol. The first-order valence-corrected chi connectivity index (χ1v) is 5.62. The van der Waals surface area contributed by atoms with E-state index in [2.05, 4.69) is 15.3 Å². The minimum atomic E-state index is -4.66. The Bertz CT molecular complexity index is 488. The number of carbonyl (C=O) groups excluding carboxylic acids is 1. The summed E-state index contributed by atoms with van der Waals surface area (Å²) in [6.45, 7) is 1.59. The molecule has 0 radical (unpaired) electrons. The summed E-state index contributed by atoms with van der Waals surface area (Å²) in [5, 5.41) is 10.9. The van der Waals surface area contributed by atoms with Crippen LogP contribution in [-0.2, 0) is 11.0 Å². The maximum Gasteiger partial charge on any atom is 0.451 e. The smallest absolute Gasteiger partial charge is 0.451 e. The fourth-order valence-corrected chi connectivity index (χ4v) is 1.31. The van der Waals surface area contributed by atoms with E-state index in [0.717, 1.165) is 12.4 Å². The van der Waals surface area contributed by atoms with E-state index in [1.54, 1.807) is 6.92 Å². The number of nitrogens with zero attached hydrogens (tertiary/aromatic N) is 2. The summed E-state index contributed by atoms with van der Waals surface area (Å²) in [7, 11) is 0. The van der Waals surface area contributed by atoms with Crippen molar-refractivity contribution in [2.45, 2.75) is 32.0 Å². The summed E-state index contributed by atoms with van der Waals surface area (Å²) in [4.78, 5) is 28.1. The van der Waals surface area contributed by atoms with Gasteiger partial charge in [0.25, 0.3) is 5.91 Å². The van der Waals surface area contributed by atoms with Crippen molar-refractivity contribution in [2.75, 3.05) is 0 Å². The predicted molar refractivity (Wildman–Crippen MR) is 60.8 cm³/mol. The minimum absolute atomic E-state index is 0.120. The minimum Gasteiger partial charge on any atom is -0.481 e. The largest absolute Gasteiger partial charge is 0.481 e. The van der Waals surface area contributed by atoms with Crippen molar-refractivity contribution in [2.24, 2.45) is 0 Å². The molecule has 110 valence electrons.